The lowest BCUT2D eigenvalue weighted by Crippen LogP contribution is -2.53. The maximum absolute atomic E-state index is 12.5. The molecule has 0 unspecified atom stereocenters. The summed E-state index contributed by atoms with van der Waals surface area (Å²) in [6.45, 7) is 7.95. The molecule has 120 valence electrons. The zero-order chi connectivity index (χ0) is 15.2. The highest BCUT2D eigenvalue weighted by Crippen LogP contribution is 2.22. The standard InChI is InChI=1S/C16H29N3O2/c1-3-17(15-7-5-4-6-8-15)13-16(21)19-11-9-18(10-12-19)14(2)20/h15H,3-13H2,1-2H3. The molecule has 1 heterocycles. The Morgan fingerprint density at radius 2 is 1.57 bits per heavy atom. The Kier molecular flexibility index (Phi) is 6.03. The van der Waals surface area contributed by atoms with Gasteiger partial charge in [-0.15, -0.1) is 0 Å². The Morgan fingerprint density at radius 3 is 2.10 bits per heavy atom. The fourth-order valence-corrected chi connectivity index (χ4v) is 3.49. The molecular weight excluding hydrogens is 266 g/mol. The Balaban J connectivity index is 1.81. The molecule has 1 saturated carbocycles. The summed E-state index contributed by atoms with van der Waals surface area (Å²) < 4.78 is 0. The number of carbonyl (C=O) groups excluding carboxylic acids is 2. The topological polar surface area (TPSA) is 43.9 Å². The van der Waals surface area contributed by atoms with Crippen LogP contribution >= 0.6 is 0 Å². The van der Waals surface area contributed by atoms with Crippen molar-refractivity contribution in [1.29, 1.82) is 0 Å². The molecule has 0 spiro atoms. The van der Waals surface area contributed by atoms with E-state index in [1.807, 2.05) is 9.80 Å². The maximum atomic E-state index is 12.5. The van der Waals surface area contributed by atoms with E-state index in [1.165, 1.54) is 32.1 Å². The first-order valence-electron chi connectivity index (χ1n) is 8.39. The van der Waals surface area contributed by atoms with Crippen LogP contribution in [-0.2, 0) is 9.59 Å². The number of amides is 2. The Bertz CT molecular complexity index is 359. The van der Waals surface area contributed by atoms with Gasteiger partial charge >= 0.3 is 0 Å². The van der Waals surface area contributed by atoms with Crippen LogP contribution in [0.4, 0.5) is 0 Å². The first-order valence-corrected chi connectivity index (χ1v) is 8.39. The van der Waals surface area contributed by atoms with E-state index < -0.39 is 0 Å². The van der Waals surface area contributed by atoms with Crippen LogP contribution in [0.3, 0.4) is 0 Å². The Morgan fingerprint density at radius 1 is 1.00 bits per heavy atom. The highest BCUT2D eigenvalue weighted by atomic mass is 16.2. The van der Waals surface area contributed by atoms with Crippen molar-refractivity contribution < 1.29 is 9.59 Å². The van der Waals surface area contributed by atoms with Gasteiger partial charge in [-0.1, -0.05) is 26.2 Å². The van der Waals surface area contributed by atoms with Crippen molar-refractivity contribution in [2.24, 2.45) is 0 Å². The van der Waals surface area contributed by atoms with E-state index >= 15 is 0 Å². The van der Waals surface area contributed by atoms with Crippen LogP contribution in [0.5, 0.6) is 0 Å². The van der Waals surface area contributed by atoms with Gasteiger partial charge in [0, 0.05) is 39.1 Å². The summed E-state index contributed by atoms with van der Waals surface area (Å²) >= 11 is 0. The molecule has 1 aliphatic heterocycles. The van der Waals surface area contributed by atoms with Crippen molar-refractivity contribution in [2.75, 3.05) is 39.3 Å². The monoisotopic (exact) mass is 295 g/mol. The molecule has 5 heteroatoms. The van der Waals surface area contributed by atoms with Crippen molar-refractivity contribution in [3.63, 3.8) is 0 Å². The zero-order valence-corrected chi connectivity index (χ0v) is 13.5. The van der Waals surface area contributed by atoms with E-state index in [1.54, 1.807) is 6.92 Å². The lowest BCUT2D eigenvalue weighted by atomic mass is 9.94. The number of carbonyl (C=O) groups is 2. The highest BCUT2D eigenvalue weighted by Gasteiger charge is 2.26. The minimum atomic E-state index is 0.111. The summed E-state index contributed by atoms with van der Waals surface area (Å²) in [5, 5.41) is 0. The van der Waals surface area contributed by atoms with Gasteiger partial charge in [0.25, 0.3) is 0 Å². The van der Waals surface area contributed by atoms with Gasteiger partial charge in [0.05, 0.1) is 6.54 Å². The number of nitrogens with zero attached hydrogens (tertiary/aromatic N) is 3. The van der Waals surface area contributed by atoms with Crippen LogP contribution in [0.1, 0.15) is 46.0 Å². The zero-order valence-electron chi connectivity index (χ0n) is 13.5. The molecule has 2 fully saturated rings. The van der Waals surface area contributed by atoms with Gasteiger partial charge in [-0.25, -0.2) is 0 Å². The SMILES string of the molecule is CCN(CC(=O)N1CCN(C(C)=O)CC1)C1CCCCC1. The molecule has 0 atom stereocenters. The molecule has 2 aliphatic rings. The molecule has 0 aromatic rings. The summed E-state index contributed by atoms with van der Waals surface area (Å²) in [5.41, 5.74) is 0. The maximum Gasteiger partial charge on any atom is 0.236 e. The van der Waals surface area contributed by atoms with E-state index in [0.717, 1.165) is 6.54 Å². The van der Waals surface area contributed by atoms with Crippen LogP contribution in [0.25, 0.3) is 0 Å². The van der Waals surface area contributed by atoms with Gasteiger partial charge in [-0.05, 0) is 19.4 Å². The predicted octanol–water partition coefficient (Wildman–Crippen LogP) is 1.33. The molecule has 0 radical (unpaired) electrons. The van der Waals surface area contributed by atoms with Crippen molar-refractivity contribution in [1.82, 2.24) is 14.7 Å². The van der Waals surface area contributed by atoms with E-state index in [2.05, 4.69) is 11.8 Å². The third-order valence-corrected chi connectivity index (χ3v) is 4.91. The van der Waals surface area contributed by atoms with Gasteiger partial charge in [-0.3, -0.25) is 14.5 Å². The highest BCUT2D eigenvalue weighted by molar-refractivity contribution is 5.79. The molecule has 0 aromatic heterocycles. The first-order chi connectivity index (χ1) is 10.1. The number of rotatable bonds is 4. The molecular formula is C16H29N3O2. The van der Waals surface area contributed by atoms with Gasteiger partial charge < -0.3 is 9.80 Å². The van der Waals surface area contributed by atoms with Crippen LogP contribution < -0.4 is 0 Å². The van der Waals surface area contributed by atoms with Crippen LogP contribution in [0.15, 0.2) is 0 Å². The molecule has 0 aromatic carbocycles. The summed E-state index contributed by atoms with van der Waals surface area (Å²) in [6, 6.07) is 0.589. The summed E-state index contributed by atoms with van der Waals surface area (Å²) in [6.07, 6.45) is 6.41. The predicted molar refractivity (Wildman–Crippen MR) is 83.0 cm³/mol. The first kappa shape index (κ1) is 16.3. The van der Waals surface area contributed by atoms with Crippen molar-refractivity contribution >= 4 is 11.8 Å². The number of hydrogen-bond donors (Lipinski definition) is 0. The van der Waals surface area contributed by atoms with Crippen LogP contribution in [0, 0.1) is 0 Å². The number of piperazine rings is 1. The smallest absolute Gasteiger partial charge is 0.236 e. The average molecular weight is 295 g/mol. The van der Waals surface area contributed by atoms with Crippen molar-refractivity contribution in [3.8, 4) is 0 Å². The van der Waals surface area contributed by atoms with E-state index in [9.17, 15) is 9.59 Å². The lowest BCUT2D eigenvalue weighted by Gasteiger charge is -2.37. The quantitative estimate of drug-likeness (QED) is 0.786. The van der Waals surface area contributed by atoms with Gasteiger partial charge in [-0.2, -0.15) is 0 Å². The van der Waals surface area contributed by atoms with E-state index in [-0.39, 0.29) is 11.8 Å². The summed E-state index contributed by atoms with van der Waals surface area (Å²) in [4.78, 5) is 29.9. The third kappa shape index (κ3) is 4.43. The molecule has 2 amide bonds. The lowest BCUT2D eigenvalue weighted by molar-refractivity contribution is -0.139. The minimum absolute atomic E-state index is 0.111. The summed E-state index contributed by atoms with van der Waals surface area (Å²) in [7, 11) is 0. The molecule has 0 N–H and O–H groups in total. The van der Waals surface area contributed by atoms with Gasteiger partial charge in [0.1, 0.15) is 0 Å². The minimum Gasteiger partial charge on any atom is -0.339 e. The molecule has 21 heavy (non-hydrogen) atoms. The fraction of sp³-hybridized carbons (Fsp3) is 0.875. The number of likely N-dealkylation sites (N-methyl/N-ethyl adjacent to an activating group) is 1. The average Bonchev–Trinajstić information content (AvgIpc) is 2.53. The Hall–Kier alpha value is -1.10. The molecule has 2 rings (SSSR count). The Labute approximate surface area is 128 Å². The van der Waals surface area contributed by atoms with Gasteiger partial charge in [0.15, 0.2) is 0 Å². The van der Waals surface area contributed by atoms with Crippen molar-refractivity contribution in [3.05, 3.63) is 0 Å². The second kappa shape index (κ2) is 7.78. The number of hydrogen-bond acceptors (Lipinski definition) is 3. The third-order valence-electron chi connectivity index (χ3n) is 4.91. The van der Waals surface area contributed by atoms with Crippen LogP contribution in [-0.4, -0.2) is 71.8 Å². The van der Waals surface area contributed by atoms with E-state index in [4.69, 9.17) is 0 Å². The fourth-order valence-electron chi connectivity index (χ4n) is 3.49. The van der Waals surface area contributed by atoms with Gasteiger partial charge in [0.2, 0.25) is 11.8 Å². The molecule has 5 nitrogen and oxygen atoms in total. The molecule has 1 saturated heterocycles. The molecule has 0 bridgehead atoms. The summed E-state index contributed by atoms with van der Waals surface area (Å²) in [5.74, 6) is 0.338. The normalized spacial score (nSPS) is 20.9. The molecule has 1 aliphatic carbocycles. The van der Waals surface area contributed by atoms with Crippen molar-refractivity contribution in [2.45, 2.75) is 52.0 Å². The second-order valence-electron chi connectivity index (χ2n) is 6.24. The van der Waals surface area contributed by atoms with Crippen LogP contribution in [0.2, 0.25) is 0 Å². The second-order valence-corrected chi connectivity index (χ2v) is 6.24. The largest absolute Gasteiger partial charge is 0.339 e. The van der Waals surface area contributed by atoms with E-state index in [0.29, 0.717) is 38.8 Å².